The molecule has 4 nitrogen and oxygen atoms in total. The first-order valence-electron chi connectivity index (χ1n) is 8.65. The van der Waals surface area contributed by atoms with E-state index >= 15 is 0 Å². The molecule has 1 heterocycles. The van der Waals surface area contributed by atoms with E-state index in [0.29, 0.717) is 0 Å². The second-order valence-corrected chi connectivity index (χ2v) is 6.07. The van der Waals surface area contributed by atoms with Crippen LogP contribution >= 0.6 is 0 Å². The number of nitrogens with one attached hydrogen (secondary N) is 1. The molecule has 0 aliphatic heterocycles. The standard InChI is InChI=1S/C22H16F2N4/c23-18-11-12-21(20(24)13-18)26-25-14-17-15-28(19-9-5-2-6-10-19)27-22(17)16-7-3-1-4-8-16/h1-15,26H. The Balaban J connectivity index is 1.67. The fourth-order valence-corrected chi connectivity index (χ4v) is 2.77. The van der Waals surface area contributed by atoms with Crippen molar-refractivity contribution in [2.75, 3.05) is 5.43 Å². The molecule has 0 radical (unpaired) electrons. The van der Waals surface area contributed by atoms with Crippen molar-refractivity contribution < 1.29 is 8.78 Å². The Hall–Kier alpha value is -3.80. The van der Waals surface area contributed by atoms with Crippen molar-refractivity contribution in [1.29, 1.82) is 0 Å². The van der Waals surface area contributed by atoms with E-state index in [4.69, 9.17) is 0 Å². The van der Waals surface area contributed by atoms with E-state index in [1.54, 1.807) is 10.9 Å². The first-order chi connectivity index (χ1) is 13.7. The van der Waals surface area contributed by atoms with Crippen molar-refractivity contribution in [2.24, 2.45) is 5.10 Å². The van der Waals surface area contributed by atoms with Gasteiger partial charge in [0.2, 0.25) is 0 Å². The van der Waals surface area contributed by atoms with E-state index in [9.17, 15) is 8.78 Å². The normalized spacial score (nSPS) is 11.1. The Morgan fingerprint density at radius 3 is 2.32 bits per heavy atom. The highest BCUT2D eigenvalue weighted by molar-refractivity contribution is 5.89. The van der Waals surface area contributed by atoms with Crippen LogP contribution < -0.4 is 5.43 Å². The molecule has 0 saturated heterocycles. The van der Waals surface area contributed by atoms with Crippen molar-refractivity contribution in [2.45, 2.75) is 0 Å². The van der Waals surface area contributed by atoms with Gasteiger partial charge in [0.1, 0.15) is 11.5 Å². The van der Waals surface area contributed by atoms with Crippen LogP contribution in [0.5, 0.6) is 0 Å². The number of benzene rings is 3. The van der Waals surface area contributed by atoms with Gasteiger partial charge in [-0.05, 0) is 24.3 Å². The van der Waals surface area contributed by atoms with Crippen LogP contribution in [0.25, 0.3) is 16.9 Å². The van der Waals surface area contributed by atoms with Gasteiger partial charge in [-0.3, -0.25) is 5.43 Å². The van der Waals surface area contributed by atoms with E-state index in [1.807, 2.05) is 66.9 Å². The number of hydrogen-bond acceptors (Lipinski definition) is 3. The maximum absolute atomic E-state index is 13.8. The van der Waals surface area contributed by atoms with Crippen LogP contribution in [-0.2, 0) is 0 Å². The summed E-state index contributed by atoms with van der Waals surface area (Å²) in [5, 5.41) is 8.78. The number of anilines is 1. The van der Waals surface area contributed by atoms with Gasteiger partial charge in [-0.2, -0.15) is 10.2 Å². The molecular weight excluding hydrogens is 358 g/mol. The van der Waals surface area contributed by atoms with Crippen molar-refractivity contribution in [3.63, 3.8) is 0 Å². The molecule has 0 unspecified atom stereocenters. The van der Waals surface area contributed by atoms with Gasteiger partial charge >= 0.3 is 0 Å². The highest BCUT2D eigenvalue weighted by Gasteiger charge is 2.11. The number of aromatic nitrogens is 2. The zero-order chi connectivity index (χ0) is 19.3. The third kappa shape index (κ3) is 3.81. The molecule has 138 valence electrons. The second-order valence-electron chi connectivity index (χ2n) is 6.07. The van der Waals surface area contributed by atoms with Gasteiger partial charge in [0.15, 0.2) is 5.82 Å². The maximum atomic E-state index is 13.8. The van der Waals surface area contributed by atoms with Gasteiger partial charge in [0, 0.05) is 23.4 Å². The lowest BCUT2D eigenvalue weighted by atomic mass is 10.1. The molecule has 0 spiro atoms. The molecular formula is C22H16F2N4. The molecule has 1 aromatic heterocycles. The van der Waals surface area contributed by atoms with Crippen molar-refractivity contribution >= 4 is 11.9 Å². The molecule has 6 heteroatoms. The molecule has 0 fully saturated rings. The zero-order valence-electron chi connectivity index (χ0n) is 14.8. The average molecular weight is 374 g/mol. The summed E-state index contributed by atoms with van der Waals surface area (Å²) in [4.78, 5) is 0. The summed E-state index contributed by atoms with van der Waals surface area (Å²) in [5.41, 5.74) is 6.05. The van der Waals surface area contributed by atoms with Gasteiger partial charge in [-0.25, -0.2) is 13.5 Å². The maximum Gasteiger partial charge on any atom is 0.151 e. The summed E-state index contributed by atoms with van der Waals surface area (Å²) in [6.45, 7) is 0. The van der Waals surface area contributed by atoms with Crippen LogP contribution in [0.1, 0.15) is 5.56 Å². The summed E-state index contributed by atoms with van der Waals surface area (Å²) < 4.78 is 28.5. The Kier molecular flexibility index (Phi) is 4.93. The van der Waals surface area contributed by atoms with E-state index in [1.165, 1.54) is 12.1 Å². The third-order valence-electron chi connectivity index (χ3n) is 4.13. The van der Waals surface area contributed by atoms with Crippen molar-refractivity contribution in [3.05, 3.63) is 102 Å². The average Bonchev–Trinajstić information content (AvgIpc) is 3.15. The molecule has 0 saturated carbocycles. The van der Waals surface area contributed by atoms with Gasteiger partial charge in [0.05, 0.1) is 17.6 Å². The Bertz CT molecular complexity index is 1110. The minimum Gasteiger partial charge on any atom is -0.276 e. The highest BCUT2D eigenvalue weighted by atomic mass is 19.1. The molecule has 28 heavy (non-hydrogen) atoms. The summed E-state index contributed by atoms with van der Waals surface area (Å²) in [6.07, 6.45) is 3.42. The van der Waals surface area contributed by atoms with Crippen molar-refractivity contribution in [3.8, 4) is 16.9 Å². The lowest BCUT2D eigenvalue weighted by molar-refractivity contribution is 0.585. The largest absolute Gasteiger partial charge is 0.276 e. The van der Waals surface area contributed by atoms with E-state index in [0.717, 1.165) is 28.6 Å². The Morgan fingerprint density at radius 1 is 0.893 bits per heavy atom. The number of halogens is 2. The number of hydrogen-bond donors (Lipinski definition) is 1. The molecule has 0 aliphatic carbocycles. The first-order valence-corrected chi connectivity index (χ1v) is 8.65. The topological polar surface area (TPSA) is 42.2 Å². The third-order valence-corrected chi connectivity index (χ3v) is 4.13. The predicted octanol–water partition coefficient (Wildman–Crippen LogP) is 5.26. The van der Waals surface area contributed by atoms with Crippen LogP contribution in [0.2, 0.25) is 0 Å². The molecule has 0 bridgehead atoms. The SMILES string of the molecule is Fc1ccc(NN=Cc2cn(-c3ccccc3)nc2-c2ccccc2)c(F)c1. The van der Waals surface area contributed by atoms with Gasteiger partial charge in [-0.15, -0.1) is 0 Å². The van der Waals surface area contributed by atoms with E-state index in [-0.39, 0.29) is 5.69 Å². The van der Waals surface area contributed by atoms with Crippen LogP contribution in [0.15, 0.2) is 90.2 Å². The number of nitrogens with zero attached hydrogens (tertiary/aromatic N) is 3. The molecule has 0 atom stereocenters. The van der Waals surface area contributed by atoms with Crippen LogP contribution in [0, 0.1) is 11.6 Å². The Morgan fingerprint density at radius 2 is 1.61 bits per heavy atom. The quantitative estimate of drug-likeness (QED) is 0.382. The first kappa shape index (κ1) is 17.6. The number of para-hydroxylation sites is 1. The smallest absolute Gasteiger partial charge is 0.151 e. The minimum absolute atomic E-state index is 0.0920. The van der Waals surface area contributed by atoms with E-state index in [2.05, 4.69) is 15.6 Å². The molecule has 0 amide bonds. The minimum atomic E-state index is -0.708. The lowest BCUT2D eigenvalue weighted by Gasteiger charge is -2.02. The molecule has 0 aliphatic rings. The Labute approximate surface area is 160 Å². The summed E-state index contributed by atoms with van der Waals surface area (Å²) in [5.74, 6) is -1.34. The summed E-state index contributed by atoms with van der Waals surface area (Å²) in [6, 6.07) is 22.7. The predicted molar refractivity (Wildman–Crippen MR) is 107 cm³/mol. The monoisotopic (exact) mass is 374 g/mol. The lowest BCUT2D eigenvalue weighted by Crippen LogP contribution is -1.94. The van der Waals surface area contributed by atoms with Crippen LogP contribution in [0.3, 0.4) is 0 Å². The molecule has 4 rings (SSSR count). The molecule has 1 N–H and O–H groups in total. The number of hydrazone groups is 1. The van der Waals surface area contributed by atoms with Crippen LogP contribution in [-0.4, -0.2) is 16.0 Å². The van der Waals surface area contributed by atoms with Crippen LogP contribution in [0.4, 0.5) is 14.5 Å². The second kappa shape index (κ2) is 7.84. The number of rotatable bonds is 5. The van der Waals surface area contributed by atoms with Gasteiger partial charge in [-0.1, -0.05) is 48.5 Å². The fraction of sp³-hybridized carbons (Fsp3) is 0. The molecule has 3 aromatic carbocycles. The summed E-state index contributed by atoms with van der Waals surface area (Å²) in [7, 11) is 0. The van der Waals surface area contributed by atoms with Gasteiger partial charge in [0.25, 0.3) is 0 Å². The van der Waals surface area contributed by atoms with Crippen molar-refractivity contribution in [1.82, 2.24) is 9.78 Å². The fourth-order valence-electron chi connectivity index (χ4n) is 2.77. The summed E-state index contributed by atoms with van der Waals surface area (Å²) >= 11 is 0. The van der Waals surface area contributed by atoms with Gasteiger partial charge < -0.3 is 0 Å². The highest BCUT2D eigenvalue weighted by Crippen LogP contribution is 2.22. The zero-order valence-corrected chi connectivity index (χ0v) is 14.8. The molecule has 4 aromatic rings. The van der Waals surface area contributed by atoms with E-state index < -0.39 is 11.6 Å².